The van der Waals surface area contributed by atoms with Crippen LogP contribution in [-0.2, 0) is 65.4 Å². The minimum Gasteiger partial charge on any atom is -0.462 e. The Bertz CT molecular complexity index is 2600. The molecule has 3 N–H and O–H groups in total. The number of carbonyl (C=O) groups excluding carboxylic acids is 4. The summed E-state index contributed by atoms with van der Waals surface area (Å²) in [6, 6.07) is 0. The normalized spacial score (nSPS) is 14.9. The van der Waals surface area contributed by atoms with Crippen molar-refractivity contribution >= 4 is 39.5 Å². The monoisotopic (exact) mass is 1460 g/mol. The second kappa shape index (κ2) is 73.7. The minimum absolute atomic E-state index is 0.0530. The molecule has 0 fully saturated rings. The van der Waals surface area contributed by atoms with E-state index in [9.17, 15) is 43.2 Å². The zero-order chi connectivity index (χ0) is 74.6. The summed E-state index contributed by atoms with van der Waals surface area (Å²) >= 11 is 0. The van der Waals surface area contributed by atoms with Gasteiger partial charge in [0.2, 0.25) is 0 Å². The molecule has 578 valence electrons. The largest absolute Gasteiger partial charge is 0.472 e. The minimum atomic E-state index is -5.01. The first-order chi connectivity index (χ1) is 49.7. The standard InChI is InChI=1S/C83H134O17P2/c1-5-9-13-17-21-25-29-33-36-37-38-39-42-45-48-52-56-60-64-68-81(86)94-73-78(99-82(87)69-65-61-57-53-49-43-32-28-24-20-16-12-8-4)75-97-101(89,90)95-71-77(84)72-96-102(91,92)98-76-79(100-83(88)70-66-62-58-54-50-46-41-35-31-27-23-19-15-11-7-3)74-93-80(85)67-63-59-55-51-47-44-40-34-30-26-22-18-14-10-6-2/h9-10,13-14,16,20-23,25-28,32-36,38-41,45,47-48,51,59,63,77-79,84H,5-8,11-12,15,17-19,24,29-31,37,42-44,46,49-50,52-58,60-62,64-76H2,1-4H3,(H,89,90)(H,91,92)/b13-9-,14-10-,20-16-,25-21-,26-22-,27-23-,32-28-,36-33-,39-38-,40-34-,41-35-,48-45-,51-47-,63-59-. The van der Waals surface area contributed by atoms with Crippen LogP contribution in [0.2, 0.25) is 0 Å². The first kappa shape index (κ1) is 96.4. The first-order valence-electron chi connectivity index (χ1n) is 38.4. The van der Waals surface area contributed by atoms with Gasteiger partial charge in [-0.3, -0.25) is 37.3 Å². The van der Waals surface area contributed by atoms with Gasteiger partial charge >= 0.3 is 39.5 Å². The highest BCUT2D eigenvalue weighted by molar-refractivity contribution is 7.47. The number of esters is 4. The quantitative estimate of drug-likeness (QED) is 0.0169. The molecule has 0 aromatic rings. The number of aliphatic hydroxyl groups excluding tert-OH is 1. The molecule has 0 saturated carbocycles. The third-order valence-electron chi connectivity index (χ3n) is 15.2. The van der Waals surface area contributed by atoms with E-state index in [1.807, 2.05) is 18.2 Å². The van der Waals surface area contributed by atoms with Gasteiger partial charge < -0.3 is 33.8 Å². The average molecular weight is 1470 g/mol. The number of phosphoric ester groups is 2. The third-order valence-corrected chi connectivity index (χ3v) is 17.1. The van der Waals surface area contributed by atoms with Crippen LogP contribution >= 0.6 is 15.6 Å². The Kier molecular flexibility index (Phi) is 69.7. The number of hydrogen-bond donors (Lipinski definition) is 3. The van der Waals surface area contributed by atoms with Crippen molar-refractivity contribution in [3.63, 3.8) is 0 Å². The van der Waals surface area contributed by atoms with Crippen molar-refractivity contribution in [2.45, 2.75) is 290 Å². The molecule has 5 atom stereocenters. The Morgan fingerprint density at radius 1 is 0.294 bits per heavy atom. The molecule has 0 rings (SSSR count). The van der Waals surface area contributed by atoms with Gasteiger partial charge in [-0.2, -0.15) is 0 Å². The summed E-state index contributed by atoms with van der Waals surface area (Å²) in [5.74, 6) is -2.41. The zero-order valence-corrected chi connectivity index (χ0v) is 64.8. The van der Waals surface area contributed by atoms with E-state index in [1.54, 1.807) is 6.08 Å². The van der Waals surface area contributed by atoms with Crippen LogP contribution in [0.25, 0.3) is 0 Å². The predicted octanol–water partition coefficient (Wildman–Crippen LogP) is 22.2. The highest BCUT2D eigenvalue weighted by atomic mass is 31.2. The smallest absolute Gasteiger partial charge is 0.462 e. The highest BCUT2D eigenvalue weighted by Crippen LogP contribution is 2.45. The van der Waals surface area contributed by atoms with Gasteiger partial charge in [0, 0.05) is 19.3 Å². The maximum atomic E-state index is 13.1. The second-order valence-corrected chi connectivity index (χ2v) is 27.7. The Hall–Kier alpha value is -5.58. The summed E-state index contributed by atoms with van der Waals surface area (Å²) < 4.78 is 68.3. The first-order valence-corrected chi connectivity index (χ1v) is 41.4. The number of carbonyl (C=O) groups is 4. The molecule has 0 aliphatic rings. The molecular formula is C83H134O17P2. The number of ether oxygens (including phenoxy) is 4. The molecule has 0 spiro atoms. The van der Waals surface area contributed by atoms with Crippen molar-refractivity contribution in [1.29, 1.82) is 0 Å². The van der Waals surface area contributed by atoms with Crippen molar-refractivity contribution in [2.24, 2.45) is 0 Å². The number of phosphoric acid groups is 2. The van der Waals surface area contributed by atoms with Crippen molar-refractivity contribution in [1.82, 2.24) is 0 Å². The number of unbranched alkanes of at least 4 members (excludes halogenated alkanes) is 17. The second-order valence-electron chi connectivity index (χ2n) is 24.8. The Labute approximate surface area is 616 Å². The number of rotatable bonds is 70. The third kappa shape index (κ3) is 72.8. The van der Waals surface area contributed by atoms with Crippen molar-refractivity contribution in [3.05, 3.63) is 170 Å². The van der Waals surface area contributed by atoms with E-state index in [0.717, 1.165) is 173 Å². The van der Waals surface area contributed by atoms with Gasteiger partial charge in [0.05, 0.1) is 32.8 Å². The number of hydrogen-bond acceptors (Lipinski definition) is 15. The lowest BCUT2D eigenvalue weighted by Gasteiger charge is -2.21. The molecule has 0 aromatic carbocycles. The summed E-state index contributed by atoms with van der Waals surface area (Å²) in [4.78, 5) is 72.8. The number of aliphatic hydroxyl groups is 1. The summed E-state index contributed by atoms with van der Waals surface area (Å²) in [6.07, 6.45) is 86.6. The van der Waals surface area contributed by atoms with E-state index in [-0.39, 0.29) is 25.7 Å². The van der Waals surface area contributed by atoms with Crippen LogP contribution in [-0.4, -0.2) is 96.7 Å². The van der Waals surface area contributed by atoms with Gasteiger partial charge in [0.25, 0.3) is 0 Å². The Balaban J connectivity index is 5.47. The molecule has 0 aliphatic heterocycles. The summed E-state index contributed by atoms with van der Waals surface area (Å²) in [7, 11) is -10.0. The van der Waals surface area contributed by atoms with E-state index in [4.69, 9.17) is 37.0 Å². The van der Waals surface area contributed by atoms with E-state index >= 15 is 0 Å². The molecular weight excluding hydrogens is 1330 g/mol. The molecule has 0 heterocycles. The summed E-state index contributed by atoms with van der Waals surface area (Å²) in [5, 5.41) is 10.6. The van der Waals surface area contributed by atoms with Crippen LogP contribution in [0.5, 0.6) is 0 Å². The lowest BCUT2D eigenvalue weighted by Crippen LogP contribution is -2.30. The van der Waals surface area contributed by atoms with Crippen LogP contribution in [0.1, 0.15) is 272 Å². The molecule has 0 aromatic heterocycles. The van der Waals surface area contributed by atoms with Gasteiger partial charge in [-0.05, 0) is 154 Å². The summed E-state index contributed by atoms with van der Waals surface area (Å²) in [5.41, 5.74) is 0. The lowest BCUT2D eigenvalue weighted by molar-refractivity contribution is -0.161. The average Bonchev–Trinajstić information content (AvgIpc) is 0.908. The fraction of sp³-hybridized carbons (Fsp3) is 0.614. The van der Waals surface area contributed by atoms with Crippen molar-refractivity contribution < 1.29 is 80.2 Å². The van der Waals surface area contributed by atoms with Crippen LogP contribution in [0.15, 0.2) is 170 Å². The molecule has 0 radical (unpaired) electrons. The van der Waals surface area contributed by atoms with Gasteiger partial charge in [-0.1, -0.05) is 262 Å². The lowest BCUT2D eigenvalue weighted by atomic mass is 10.1. The zero-order valence-electron chi connectivity index (χ0n) is 63.0. The van der Waals surface area contributed by atoms with Crippen LogP contribution in [0.4, 0.5) is 0 Å². The fourth-order valence-corrected chi connectivity index (χ4v) is 11.0. The highest BCUT2D eigenvalue weighted by Gasteiger charge is 2.30. The van der Waals surface area contributed by atoms with E-state index < -0.39 is 97.5 Å². The molecule has 5 unspecified atom stereocenters. The van der Waals surface area contributed by atoms with Gasteiger partial charge in [-0.15, -0.1) is 0 Å². The number of allylic oxidation sites excluding steroid dienone is 27. The fourth-order valence-electron chi connectivity index (χ4n) is 9.39. The van der Waals surface area contributed by atoms with E-state index in [1.165, 1.54) is 19.3 Å². The van der Waals surface area contributed by atoms with E-state index in [0.29, 0.717) is 25.7 Å². The molecule has 0 saturated heterocycles. The van der Waals surface area contributed by atoms with Gasteiger partial charge in [0.1, 0.15) is 19.3 Å². The maximum absolute atomic E-state index is 13.1. The topological polar surface area (TPSA) is 237 Å². The maximum Gasteiger partial charge on any atom is 0.472 e. The van der Waals surface area contributed by atoms with Crippen molar-refractivity contribution in [2.75, 3.05) is 39.6 Å². The van der Waals surface area contributed by atoms with Crippen molar-refractivity contribution in [3.8, 4) is 0 Å². The molecule has 0 amide bonds. The SMILES string of the molecule is CC/C=C\C/C=C\C/C=C\C/C=C\C/C=C\CCCCCC(=O)OCC(COP(=O)(O)OCC(O)COP(=O)(O)OCC(COC(=O)C/C=C\C/C=C\C/C=C\C/C=C\C/C=C\CC)OC(=O)CCCCCCC/C=C\C/C=C\CCCCC)OC(=O)CCCCCCC/C=C\C/C=C\CCC. The molecule has 19 heteroatoms. The van der Waals surface area contributed by atoms with Crippen LogP contribution < -0.4 is 0 Å². The predicted molar refractivity (Wildman–Crippen MR) is 417 cm³/mol. The Morgan fingerprint density at radius 2 is 0.569 bits per heavy atom. The van der Waals surface area contributed by atoms with Crippen LogP contribution in [0, 0.1) is 0 Å². The molecule has 0 aliphatic carbocycles. The van der Waals surface area contributed by atoms with Gasteiger partial charge in [0.15, 0.2) is 12.2 Å². The van der Waals surface area contributed by atoms with Crippen LogP contribution in [0.3, 0.4) is 0 Å². The summed E-state index contributed by atoms with van der Waals surface area (Å²) in [6.45, 7) is 4.34. The Morgan fingerprint density at radius 3 is 0.922 bits per heavy atom. The molecule has 0 bridgehead atoms. The van der Waals surface area contributed by atoms with Gasteiger partial charge in [-0.25, -0.2) is 9.13 Å². The molecule has 102 heavy (non-hydrogen) atoms. The van der Waals surface area contributed by atoms with E-state index in [2.05, 4.69) is 174 Å². The molecule has 17 nitrogen and oxygen atoms in total.